The molecule has 1 saturated heterocycles. The summed E-state index contributed by atoms with van der Waals surface area (Å²) in [6.45, 7) is 0.538. The Labute approximate surface area is 173 Å². The summed E-state index contributed by atoms with van der Waals surface area (Å²) in [6, 6.07) is 0.173. The highest BCUT2D eigenvalue weighted by Gasteiger charge is 2.54. The van der Waals surface area contributed by atoms with E-state index < -0.39 is 53.0 Å². The predicted octanol–water partition coefficient (Wildman–Crippen LogP) is -2.15. The van der Waals surface area contributed by atoms with Crippen LogP contribution in [0.15, 0.2) is 33.1 Å². The number of hydrogen-bond donors (Lipinski definition) is 2. The van der Waals surface area contributed by atoms with Crippen molar-refractivity contribution in [1.82, 2.24) is 19.4 Å². The monoisotopic (exact) mass is 438 g/mol. The molecule has 1 aromatic heterocycles. The minimum absolute atomic E-state index is 0.204. The highest BCUT2D eigenvalue weighted by Crippen LogP contribution is 2.40. The Balaban J connectivity index is 1.72. The Morgan fingerprint density at radius 2 is 2.00 bits per heavy atom. The van der Waals surface area contributed by atoms with Crippen molar-refractivity contribution >= 4 is 35.5 Å². The normalized spacial score (nSPS) is 20.3. The zero-order valence-electron chi connectivity index (χ0n) is 16.0. The van der Waals surface area contributed by atoms with Gasteiger partial charge in [-0.3, -0.25) is 33.2 Å². The van der Waals surface area contributed by atoms with Crippen LogP contribution in [-0.2, 0) is 37.5 Å². The molecule has 3 heterocycles. The molecule has 1 aromatic rings. The van der Waals surface area contributed by atoms with Crippen LogP contribution < -0.4 is 16.6 Å². The Morgan fingerprint density at radius 3 is 2.63 bits per heavy atom. The number of thioether (sulfide) groups is 1. The highest BCUT2D eigenvalue weighted by molar-refractivity contribution is 8.00. The van der Waals surface area contributed by atoms with E-state index in [2.05, 4.69) is 5.32 Å². The van der Waals surface area contributed by atoms with Gasteiger partial charge in [-0.05, 0) is 0 Å². The van der Waals surface area contributed by atoms with Crippen LogP contribution in [0, 0.1) is 0 Å². The van der Waals surface area contributed by atoms with Crippen molar-refractivity contribution in [2.24, 2.45) is 7.05 Å². The fraction of sp³-hybridized carbons (Fsp3) is 0.412. The van der Waals surface area contributed by atoms with Crippen molar-refractivity contribution in [2.45, 2.75) is 24.9 Å². The number of carbonyl (C=O) groups excluding carboxylic acids is 3. The average molecular weight is 438 g/mol. The molecule has 0 aliphatic carbocycles. The number of hydrogen-bond acceptors (Lipinski definition) is 8. The second-order valence-electron chi connectivity index (χ2n) is 6.62. The van der Waals surface area contributed by atoms with Gasteiger partial charge in [0.05, 0.1) is 0 Å². The number of carboxylic acids is 1. The van der Waals surface area contributed by atoms with Gasteiger partial charge in [0, 0.05) is 37.6 Å². The lowest BCUT2D eigenvalue weighted by Crippen LogP contribution is -2.70. The largest absolute Gasteiger partial charge is 0.477 e. The van der Waals surface area contributed by atoms with Crippen LogP contribution in [0.2, 0.25) is 0 Å². The van der Waals surface area contributed by atoms with E-state index in [1.54, 1.807) is 0 Å². The van der Waals surface area contributed by atoms with Crippen LogP contribution in [-0.4, -0.2) is 66.7 Å². The standard InChI is InChI=1S/C17H18N4O8S/c1-8(22)29-6-9-7-30-15-12(14(25)21(15)13(9)16(26)27)18-10(23)5-20-4-3-11(24)19(2)17(20)28/h3-4,12,15H,5-7H2,1-2H3,(H,18,23)(H,26,27)/t12-,15-/m1/s1. The van der Waals surface area contributed by atoms with E-state index >= 15 is 0 Å². The van der Waals surface area contributed by atoms with E-state index in [0.717, 1.165) is 20.1 Å². The highest BCUT2D eigenvalue weighted by atomic mass is 32.2. The van der Waals surface area contributed by atoms with Crippen LogP contribution in [0.1, 0.15) is 6.92 Å². The maximum absolute atomic E-state index is 12.5. The molecule has 0 spiro atoms. The lowest BCUT2D eigenvalue weighted by atomic mass is 10.0. The summed E-state index contributed by atoms with van der Waals surface area (Å²) >= 11 is 1.23. The molecule has 2 atom stereocenters. The topological polar surface area (TPSA) is 157 Å². The van der Waals surface area contributed by atoms with Crippen LogP contribution in [0.3, 0.4) is 0 Å². The first-order valence-corrected chi connectivity index (χ1v) is 9.76. The Kier molecular flexibility index (Phi) is 5.82. The third-order valence-corrected chi connectivity index (χ3v) is 5.93. The molecule has 0 aromatic carbocycles. The minimum Gasteiger partial charge on any atom is -0.477 e. The second-order valence-corrected chi connectivity index (χ2v) is 7.72. The van der Waals surface area contributed by atoms with E-state index in [4.69, 9.17) is 4.74 Å². The van der Waals surface area contributed by atoms with Gasteiger partial charge in [0.2, 0.25) is 5.91 Å². The molecule has 0 unspecified atom stereocenters. The molecular formula is C17H18N4O8S. The first kappa shape index (κ1) is 21.4. The van der Waals surface area contributed by atoms with E-state index in [1.807, 2.05) is 0 Å². The summed E-state index contributed by atoms with van der Waals surface area (Å²) in [7, 11) is 1.28. The van der Waals surface area contributed by atoms with E-state index in [0.29, 0.717) is 0 Å². The van der Waals surface area contributed by atoms with Gasteiger partial charge in [0.25, 0.3) is 11.5 Å². The number of carboxylic acid groups (broad SMARTS) is 1. The number of aliphatic carboxylic acids is 1. The van der Waals surface area contributed by atoms with Crippen molar-refractivity contribution in [3.05, 3.63) is 44.4 Å². The lowest BCUT2D eigenvalue weighted by molar-refractivity contribution is -0.151. The molecule has 1 fully saturated rings. The van der Waals surface area contributed by atoms with Crippen molar-refractivity contribution in [2.75, 3.05) is 12.4 Å². The Bertz CT molecular complexity index is 1090. The molecular weight excluding hydrogens is 420 g/mol. The molecule has 3 rings (SSSR count). The van der Waals surface area contributed by atoms with Crippen LogP contribution in [0.4, 0.5) is 0 Å². The molecule has 13 heteroatoms. The first-order chi connectivity index (χ1) is 14.1. The van der Waals surface area contributed by atoms with Gasteiger partial charge in [0.15, 0.2) is 0 Å². The van der Waals surface area contributed by atoms with Gasteiger partial charge in [-0.25, -0.2) is 9.59 Å². The number of rotatable bonds is 6. The minimum atomic E-state index is -1.34. The van der Waals surface area contributed by atoms with Crippen molar-refractivity contribution in [3.8, 4) is 0 Å². The SMILES string of the molecule is CC(=O)OCC1=C(C(=O)O)N2C(=O)[C@@H](NC(=O)Cn3ccc(=O)n(C)c3=O)[C@H]2SC1. The van der Waals surface area contributed by atoms with Gasteiger partial charge < -0.3 is 15.2 Å². The number of nitrogens with zero attached hydrogens (tertiary/aromatic N) is 3. The van der Waals surface area contributed by atoms with E-state index in [9.17, 15) is 33.9 Å². The van der Waals surface area contributed by atoms with Gasteiger partial charge in [-0.2, -0.15) is 0 Å². The average Bonchev–Trinajstić information content (AvgIpc) is 2.69. The van der Waals surface area contributed by atoms with E-state index in [1.165, 1.54) is 31.9 Å². The number of fused-ring (bicyclic) bond motifs is 1. The summed E-state index contributed by atoms with van der Waals surface area (Å²) < 4.78 is 6.72. The molecule has 12 nitrogen and oxygen atoms in total. The number of ether oxygens (including phenoxy) is 1. The number of aromatic nitrogens is 2. The van der Waals surface area contributed by atoms with Crippen LogP contribution in [0.25, 0.3) is 0 Å². The van der Waals surface area contributed by atoms with Crippen LogP contribution in [0.5, 0.6) is 0 Å². The molecule has 160 valence electrons. The summed E-state index contributed by atoms with van der Waals surface area (Å²) in [6.07, 6.45) is 1.18. The Morgan fingerprint density at radius 1 is 1.30 bits per heavy atom. The fourth-order valence-corrected chi connectivity index (χ4v) is 4.42. The van der Waals surface area contributed by atoms with Gasteiger partial charge in [0.1, 0.15) is 30.3 Å². The quantitative estimate of drug-likeness (QED) is 0.373. The van der Waals surface area contributed by atoms with Crippen LogP contribution >= 0.6 is 11.8 Å². The molecule has 2 amide bonds. The zero-order chi connectivity index (χ0) is 22.2. The van der Waals surface area contributed by atoms with Gasteiger partial charge in [-0.1, -0.05) is 0 Å². The molecule has 2 aliphatic heterocycles. The zero-order valence-corrected chi connectivity index (χ0v) is 16.8. The number of nitrogens with one attached hydrogen (secondary N) is 1. The molecule has 0 bridgehead atoms. The summed E-state index contributed by atoms with van der Waals surface area (Å²) in [5.41, 5.74) is -1.17. The van der Waals surface area contributed by atoms with Crippen molar-refractivity contribution in [1.29, 1.82) is 0 Å². The summed E-state index contributed by atoms with van der Waals surface area (Å²) in [5.74, 6) is -2.96. The molecule has 2 N–H and O–H groups in total. The number of carbonyl (C=O) groups is 4. The van der Waals surface area contributed by atoms with Gasteiger partial charge in [-0.15, -0.1) is 11.8 Å². The fourth-order valence-electron chi connectivity index (χ4n) is 3.09. The number of amides is 2. The first-order valence-electron chi connectivity index (χ1n) is 8.71. The number of β-lactam (4-membered cyclic amide) rings is 1. The van der Waals surface area contributed by atoms with Crippen molar-refractivity contribution < 1.29 is 29.0 Å². The summed E-state index contributed by atoms with van der Waals surface area (Å²) in [5, 5.41) is 11.4. The van der Waals surface area contributed by atoms with Crippen molar-refractivity contribution in [3.63, 3.8) is 0 Å². The maximum Gasteiger partial charge on any atom is 0.352 e. The second kappa shape index (κ2) is 8.18. The smallest absolute Gasteiger partial charge is 0.352 e. The molecule has 0 saturated carbocycles. The van der Waals surface area contributed by atoms with E-state index in [-0.39, 0.29) is 23.6 Å². The lowest BCUT2D eigenvalue weighted by Gasteiger charge is -2.49. The predicted molar refractivity (Wildman–Crippen MR) is 102 cm³/mol. The molecule has 2 aliphatic rings. The molecule has 30 heavy (non-hydrogen) atoms. The Hall–Kier alpha value is -3.35. The van der Waals surface area contributed by atoms with Gasteiger partial charge >= 0.3 is 17.6 Å². The third kappa shape index (κ3) is 3.87. The third-order valence-electron chi connectivity index (χ3n) is 4.59. The summed E-state index contributed by atoms with van der Waals surface area (Å²) in [4.78, 5) is 72.0. The number of esters is 1. The molecule has 0 radical (unpaired) electrons. The maximum atomic E-state index is 12.5.